The van der Waals surface area contributed by atoms with Crippen molar-refractivity contribution in [2.75, 3.05) is 0 Å². The fourth-order valence-electron chi connectivity index (χ4n) is 4.33. The van der Waals surface area contributed by atoms with Crippen molar-refractivity contribution in [1.29, 1.82) is 0 Å². The molecule has 3 aromatic carbocycles. The monoisotopic (exact) mass is 440 g/mol. The molecular weight excluding hydrogens is 412 g/mol. The molecule has 0 aromatic heterocycles. The molecule has 0 spiro atoms. The SMILES string of the molecule is CC(C)C[C@H](NC(=O)[C@@H](Cc1ccccc1)N1C(=O)c2ccccc2C1=O)c1ccccc1. The van der Waals surface area contributed by atoms with Gasteiger partial charge in [-0.05, 0) is 35.6 Å². The van der Waals surface area contributed by atoms with Gasteiger partial charge in [0.2, 0.25) is 5.91 Å². The normalized spacial score (nSPS) is 14.8. The second-order valence-electron chi connectivity index (χ2n) is 8.83. The second-order valence-corrected chi connectivity index (χ2v) is 8.83. The lowest BCUT2D eigenvalue weighted by atomic mass is 9.96. The Bertz CT molecular complexity index is 1110. The van der Waals surface area contributed by atoms with E-state index in [-0.39, 0.29) is 18.4 Å². The maximum absolute atomic E-state index is 13.7. The van der Waals surface area contributed by atoms with Crippen LogP contribution < -0.4 is 5.32 Å². The second kappa shape index (κ2) is 9.82. The minimum absolute atomic E-state index is 0.216. The van der Waals surface area contributed by atoms with Crippen LogP contribution >= 0.6 is 0 Å². The number of hydrogen-bond donors (Lipinski definition) is 1. The molecule has 5 nitrogen and oxygen atoms in total. The lowest BCUT2D eigenvalue weighted by Gasteiger charge is -2.29. The number of fused-ring (bicyclic) bond motifs is 1. The van der Waals surface area contributed by atoms with Gasteiger partial charge in [0, 0.05) is 6.42 Å². The molecule has 1 N–H and O–H groups in total. The predicted molar refractivity (Wildman–Crippen MR) is 128 cm³/mol. The molecule has 0 saturated heterocycles. The molecule has 33 heavy (non-hydrogen) atoms. The van der Waals surface area contributed by atoms with Crippen LogP contribution in [0.3, 0.4) is 0 Å². The third kappa shape index (κ3) is 4.87. The topological polar surface area (TPSA) is 66.5 Å². The molecule has 4 rings (SSSR count). The zero-order valence-electron chi connectivity index (χ0n) is 18.9. The number of imide groups is 1. The molecule has 1 aliphatic heterocycles. The molecule has 0 bridgehead atoms. The number of hydrogen-bond acceptors (Lipinski definition) is 3. The van der Waals surface area contributed by atoms with Gasteiger partial charge in [0.25, 0.3) is 11.8 Å². The first-order valence-electron chi connectivity index (χ1n) is 11.3. The molecule has 0 fully saturated rings. The molecule has 0 unspecified atom stereocenters. The summed E-state index contributed by atoms with van der Waals surface area (Å²) in [7, 11) is 0. The third-order valence-electron chi connectivity index (χ3n) is 5.94. The minimum Gasteiger partial charge on any atom is -0.347 e. The minimum atomic E-state index is -0.946. The van der Waals surface area contributed by atoms with E-state index in [9.17, 15) is 14.4 Å². The lowest BCUT2D eigenvalue weighted by Crippen LogP contribution is -2.51. The Kier molecular flexibility index (Phi) is 6.68. The van der Waals surface area contributed by atoms with Gasteiger partial charge in [-0.1, -0.05) is 86.6 Å². The summed E-state index contributed by atoms with van der Waals surface area (Å²) in [6.45, 7) is 4.21. The van der Waals surface area contributed by atoms with Crippen LogP contribution in [0, 0.1) is 5.92 Å². The van der Waals surface area contributed by atoms with E-state index in [0.717, 1.165) is 22.4 Å². The van der Waals surface area contributed by atoms with E-state index in [2.05, 4.69) is 19.2 Å². The summed E-state index contributed by atoms with van der Waals surface area (Å²) in [5, 5.41) is 3.14. The van der Waals surface area contributed by atoms with Crippen LogP contribution in [0.5, 0.6) is 0 Å². The highest BCUT2D eigenvalue weighted by Crippen LogP contribution is 2.27. The molecular formula is C28H28N2O3. The van der Waals surface area contributed by atoms with Gasteiger partial charge in [0.1, 0.15) is 6.04 Å². The summed E-state index contributed by atoms with van der Waals surface area (Å²) in [6.07, 6.45) is 0.997. The van der Waals surface area contributed by atoms with Gasteiger partial charge in [-0.15, -0.1) is 0 Å². The zero-order chi connectivity index (χ0) is 23.4. The Balaban J connectivity index is 1.67. The number of benzene rings is 3. The number of nitrogens with zero attached hydrogens (tertiary/aromatic N) is 1. The highest BCUT2D eigenvalue weighted by atomic mass is 16.2. The molecule has 3 amide bonds. The molecule has 1 heterocycles. The largest absolute Gasteiger partial charge is 0.347 e. The standard InChI is InChI=1S/C28H28N2O3/c1-19(2)17-24(21-13-7-4-8-14-21)29-26(31)25(18-20-11-5-3-6-12-20)30-27(32)22-15-9-10-16-23(22)28(30)33/h3-16,19,24-25H,17-18H2,1-2H3,(H,29,31)/t24-,25+/m0/s1. The van der Waals surface area contributed by atoms with Crippen molar-refractivity contribution in [2.45, 2.75) is 38.8 Å². The molecule has 5 heteroatoms. The van der Waals surface area contributed by atoms with E-state index in [4.69, 9.17) is 0 Å². The summed E-state index contributed by atoms with van der Waals surface area (Å²) in [6, 6.07) is 24.9. The predicted octanol–water partition coefficient (Wildman–Crippen LogP) is 4.80. The van der Waals surface area contributed by atoms with Gasteiger partial charge in [0.05, 0.1) is 17.2 Å². The van der Waals surface area contributed by atoms with Crippen molar-refractivity contribution >= 4 is 17.7 Å². The average Bonchev–Trinajstić information content (AvgIpc) is 3.08. The molecule has 3 aromatic rings. The maximum Gasteiger partial charge on any atom is 0.262 e. The van der Waals surface area contributed by atoms with Crippen LogP contribution in [0.2, 0.25) is 0 Å². The Hall–Kier alpha value is -3.73. The van der Waals surface area contributed by atoms with Crippen LogP contribution in [0.15, 0.2) is 84.9 Å². The molecule has 168 valence electrons. The van der Waals surface area contributed by atoms with Crippen LogP contribution in [0.1, 0.15) is 58.2 Å². The Morgan fingerprint density at radius 2 is 1.30 bits per heavy atom. The van der Waals surface area contributed by atoms with Crippen molar-refractivity contribution in [3.63, 3.8) is 0 Å². The number of nitrogens with one attached hydrogen (secondary N) is 1. The van der Waals surface area contributed by atoms with E-state index < -0.39 is 17.9 Å². The van der Waals surface area contributed by atoms with Crippen LogP contribution in [-0.2, 0) is 11.2 Å². The van der Waals surface area contributed by atoms with Crippen LogP contribution in [-0.4, -0.2) is 28.7 Å². The summed E-state index contributed by atoms with van der Waals surface area (Å²) >= 11 is 0. The third-order valence-corrected chi connectivity index (χ3v) is 5.94. The first kappa shape index (κ1) is 22.5. The van der Waals surface area contributed by atoms with Crippen molar-refractivity contribution in [3.05, 3.63) is 107 Å². The molecule has 2 atom stereocenters. The van der Waals surface area contributed by atoms with Gasteiger partial charge in [-0.3, -0.25) is 19.3 Å². The zero-order valence-corrected chi connectivity index (χ0v) is 18.9. The lowest BCUT2D eigenvalue weighted by molar-refractivity contribution is -0.125. The number of amides is 3. The summed E-state index contributed by atoms with van der Waals surface area (Å²) in [5.41, 5.74) is 2.57. The highest BCUT2D eigenvalue weighted by molar-refractivity contribution is 6.22. The quantitative estimate of drug-likeness (QED) is 0.512. The Labute approximate surface area is 194 Å². The number of carbonyl (C=O) groups is 3. The van der Waals surface area contributed by atoms with Gasteiger partial charge < -0.3 is 5.32 Å². The van der Waals surface area contributed by atoms with E-state index in [0.29, 0.717) is 17.0 Å². The first-order valence-corrected chi connectivity index (χ1v) is 11.3. The molecule has 1 aliphatic rings. The number of carbonyl (C=O) groups excluding carboxylic acids is 3. The van der Waals surface area contributed by atoms with Crippen molar-refractivity contribution in [3.8, 4) is 0 Å². The van der Waals surface area contributed by atoms with E-state index in [1.54, 1.807) is 24.3 Å². The van der Waals surface area contributed by atoms with Crippen molar-refractivity contribution < 1.29 is 14.4 Å². The van der Waals surface area contributed by atoms with E-state index in [1.165, 1.54) is 0 Å². The summed E-state index contributed by atoms with van der Waals surface area (Å²) < 4.78 is 0. The Morgan fingerprint density at radius 3 is 1.85 bits per heavy atom. The average molecular weight is 441 g/mol. The van der Waals surface area contributed by atoms with E-state index >= 15 is 0 Å². The highest BCUT2D eigenvalue weighted by Gasteiger charge is 2.43. The van der Waals surface area contributed by atoms with E-state index in [1.807, 2.05) is 60.7 Å². The fourth-order valence-corrected chi connectivity index (χ4v) is 4.33. The van der Waals surface area contributed by atoms with Crippen LogP contribution in [0.4, 0.5) is 0 Å². The summed E-state index contributed by atoms with van der Waals surface area (Å²) in [5.74, 6) is -0.830. The first-order chi connectivity index (χ1) is 16.0. The number of rotatable bonds is 8. The van der Waals surface area contributed by atoms with Gasteiger partial charge >= 0.3 is 0 Å². The smallest absolute Gasteiger partial charge is 0.262 e. The van der Waals surface area contributed by atoms with Crippen molar-refractivity contribution in [2.24, 2.45) is 5.92 Å². The van der Waals surface area contributed by atoms with Gasteiger partial charge in [-0.25, -0.2) is 0 Å². The molecule has 0 radical (unpaired) electrons. The maximum atomic E-state index is 13.7. The van der Waals surface area contributed by atoms with Gasteiger partial charge in [0.15, 0.2) is 0 Å². The van der Waals surface area contributed by atoms with Crippen molar-refractivity contribution in [1.82, 2.24) is 10.2 Å². The fraction of sp³-hybridized carbons (Fsp3) is 0.250. The molecule has 0 saturated carbocycles. The van der Waals surface area contributed by atoms with Crippen LogP contribution in [0.25, 0.3) is 0 Å². The van der Waals surface area contributed by atoms with Gasteiger partial charge in [-0.2, -0.15) is 0 Å². The Morgan fingerprint density at radius 1 is 0.788 bits per heavy atom. The summed E-state index contributed by atoms with van der Waals surface area (Å²) in [4.78, 5) is 41.2. The molecule has 0 aliphatic carbocycles.